The van der Waals surface area contributed by atoms with Crippen molar-refractivity contribution in [2.45, 2.75) is 63.4 Å². The molecule has 0 radical (unpaired) electrons. The number of carboxylic acids is 1. The average molecular weight is 431 g/mol. The van der Waals surface area contributed by atoms with Crippen molar-refractivity contribution in [3.8, 4) is 0 Å². The molecule has 1 aromatic rings. The van der Waals surface area contributed by atoms with E-state index in [9.17, 15) is 14.7 Å². The maximum absolute atomic E-state index is 12.2. The molecule has 3 unspecified atom stereocenters. The molecule has 166 valence electrons. The Morgan fingerprint density at radius 1 is 1.12 bits per heavy atom. The number of carbonyl (C=O) groups is 2. The zero-order chi connectivity index (χ0) is 22.1. The Bertz CT molecular complexity index is 1090. The fraction of sp³-hybridized carbons (Fsp3) is 0.500. The van der Waals surface area contributed by atoms with E-state index >= 15 is 0 Å². The molecule has 2 saturated carbocycles. The number of hydrogen-bond acceptors (Lipinski definition) is 3. The second-order valence-electron chi connectivity index (χ2n) is 10.6. The number of carboxylic acid groups (broad SMARTS) is 1. The molecular formula is C28H30O4. The van der Waals surface area contributed by atoms with E-state index < -0.39 is 5.97 Å². The second-order valence-corrected chi connectivity index (χ2v) is 10.6. The molecule has 4 nitrogen and oxygen atoms in total. The van der Waals surface area contributed by atoms with Gasteiger partial charge in [-0.3, -0.25) is 4.79 Å². The first kappa shape index (κ1) is 20.2. The average Bonchev–Trinajstić information content (AvgIpc) is 3.39. The van der Waals surface area contributed by atoms with E-state index in [1.54, 1.807) is 17.7 Å². The number of ketones is 1. The van der Waals surface area contributed by atoms with Gasteiger partial charge < -0.3 is 9.84 Å². The number of aromatic carboxylic acids is 1. The third-order valence-electron chi connectivity index (χ3n) is 9.30. The monoisotopic (exact) mass is 430 g/mol. The van der Waals surface area contributed by atoms with E-state index in [1.165, 1.54) is 23.1 Å². The van der Waals surface area contributed by atoms with Crippen molar-refractivity contribution in [3.63, 3.8) is 0 Å². The van der Waals surface area contributed by atoms with Crippen LogP contribution in [0.2, 0.25) is 0 Å². The first-order chi connectivity index (χ1) is 15.4. The lowest BCUT2D eigenvalue weighted by Crippen LogP contribution is -2.51. The quantitative estimate of drug-likeness (QED) is 0.620. The third-order valence-corrected chi connectivity index (χ3v) is 9.30. The van der Waals surface area contributed by atoms with Crippen LogP contribution in [0.1, 0.15) is 73.7 Å². The smallest absolute Gasteiger partial charge is 0.335 e. The van der Waals surface area contributed by atoms with Crippen LogP contribution >= 0.6 is 0 Å². The summed E-state index contributed by atoms with van der Waals surface area (Å²) in [5.41, 5.74) is 5.63. The molecule has 0 amide bonds. The van der Waals surface area contributed by atoms with Crippen molar-refractivity contribution in [2.24, 2.45) is 17.3 Å². The molecule has 0 saturated heterocycles. The predicted octanol–water partition coefficient (Wildman–Crippen LogP) is 5.61. The van der Waals surface area contributed by atoms with E-state index in [0.717, 1.165) is 32.1 Å². The lowest BCUT2D eigenvalue weighted by atomic mass is 9.51. The Morgan fingerprint density at radius 2 is 1.94 bits per heavy atom. The van der Waals surface area contributed by atoms with Crippen LogP contribution in [-0.4, -0.2) is 29.1 Å². The van der Waals surface area contributed by atoms with E-state index in [1.807, 2.05) is 18.2 Å². The summed E-state index contributed by atoms with van der Waals surface area (Å²) in [6, 6.07) is 7.52. The molecule has 1 spiro atoms. The van der Waals surface area contributed by atoms with E-state index in [-0.39, 0.29) is 22.7 Å². The SMILES string of the molecule is C[C@]12C[C@H](c3ccc(C(=O)O)cc3)C3=C4CCC(=O)C=C4CCC3C1CCC21C=CCO1. The summed E-state index contributed by atoms with van der Waals surface area (Å²) in [6.07, 6.45) is 13.3. The predicted molar refractivity (Wildman–Crippen MR) is 121 cm³/mol. The molecule has 5 atom stereocenters. The van der Waals surface area contributed by atoms with Crippen LogP contribution in [-0.2, 0) is 9.53 Å². The number of rotatable bonds is 2. The molecule has 0 aromatic heterocycles. The fourth-order valence-electron chi connectivity index (χ4n) is 7.83. The Kier molecular flexibility index (Phi) is 4.42. The molecule has 1 aliphatic heterocycles. The van der Waals surface area contributed by atoms with E-state index in [4.69, 9.17) is 4.74 Å². The summed E-state index contributed by atoms with van der Waals surface area (Å²) in [4.78, 5) is 23.6. The summed E-state index contributed by atoms with van der Waals surface area (Å²) in [6.45, 7) is 3.14. The van der Waals surface area contributed by atoms with E-state index in [0.29, 0.717) is 30.4 Å². The number of allylic oxidation sites excluding steroid dienone is 4. The largest absolute Gasteiger partial charge is 0.478 e. The summed E-state index contributed by atoms with van der Waals surface area (Å²) in [5.74, 6) is 0.704. The zero-order valence-electron chi connectivity index (χ0n) is 18.6. The van der Waals surface area contributed by atoms with Crippen LogP contribution in [0.4, 0.5) is 0 Å². The van der Waals surface area contributed by atoms with Gasteiger partial charge in [-0.15, -0.1) is 0 Å². The minimum atomic E-state index is -0.889. The number of fused-ring (bicyclic) bond motifs is 5. The molecule has 32 heavy (non-hydrogen) atoms. The Hall–Kier alpha value is -2.46. The van der Waals surface area contributed by atoms with E-state index in [2.05, 4.69) is 19.1 Å². The highest BCUT2D eigenvalue weighted by Gasteiger charge is 2.63. The zero-order valence-corrected chi connectivity index (χ0v) is 18.6. The van der Waals surface area contributed by atoms with Crippen LogP contribution in [0.15, 0.2) is 59.2 Å². The number of hydrogen-bond donors (Lipinski definition) is 1. The molecule has 4 heteroatoms. The van der Waals surface area contributed by atoms with Crippen molar-refractivity contribution in [2.75, 3.05) is 6.61 Å². The summed E-state index contributed by atoms with van der Waals surface area (Å²) < 4.78 is 6.45. The Balaban J connectivity index is 1.51. The van der Waals surface area contributed by atoms with Crippen LogP contribution in [0, 0.1) is 17.3 Å². The number of benzene rings is 1. The first-order valence-electron chi connectivity index (χ1n) is 12.0. The van der Waals surface area contributed by atoms with Crippen molar-refractivity contribution in [1.82, 2.24) is 0 Å². The van der Waals surface area contributed by atoms with Gasteiger partial charge in [-0.25, -0.2) is 4.79 Å². The molecule has 1 N–H and O–H groups in total. The fourth-order valence-corrected chi connectivity index (χ4v) is 7.83. The highest BCUT2D eigenvalue weighted by molar-refractivity contribution is 5.93. The van der Waals surface area contributed by atoms with Gasteiger partial charge in [0.15, 0.2) is 5.78 Å². The third kappa shape index (κ3) is 2.71. The Morgan fingerprint density at radius 3 is 2.66 bits per heavy atom. The lowest BCUT2D eigenvalue weighted by Gasteiger charge is -2.54. The van der Waals surface area contributed by atoms with Crippen LogP contribution < -0.4 is 0 Å². The van der Waals surface area contributed by atoms with Crippen LogP contribution in [0.5, 0.6) is 0 Å². The van der Waals surface area contributed by atoms with Gasteiger partial charge in [-0.1, -0.05) is 36.8 Å². The van der Waals surface area contributed by atoms with Gasteiger partial charge in [0.05, 0.1) is 17.8 Å². The normalized spacial score (nSPS) is 37.8. The van der Waals surface area contributed by atoms with Gasteiger partial charge in [-0.2, -0.15) is 0 Å². The molecule has 1 heterocycles. The topological polar surface area (TPSA) is 63.6 Å². The molecule has 4 aliphatic carbocycles. The first-order valence-corrected chi connectivity index (χ1v) is 12.0. The van der Waals surface area contributed by atoms with Crippen molar-refractivity contribution in [1.29, 1.82) is 0 Å². The van der Waals surface area contributed by atoms with Crippen LogP contribution in [0.3, 0.4) is 0 Å². The summed E-state index contributed by atoms with van der Waals surface area (Å²) in [5, 5.41) is 9.38. The highest BCUT2D eigenvalue weighted by atomic mass is 16.5. The standard InChI is InChI=1S/C28H30O4/c1-27-16-23(17-3-5-18(6-4-17)26(30)31)25-21-10-8-20(29)15-19(21)7-9-22(25)24(27)11-13-28(27)12-2-14-32-28/h2-6,12,15,22-24H,7-11,13-14,16H2,1H3,(H,30,31)/t22?,23-,24?,27+,28?/m1/s1. The number of carbonyl (C=O) groups excluding carboxylic acids is 1. The minimum absolute atomic E-state index is 0.0521. The maximum atomic E-state index is 12.2. The Labute approximate surface area is 189 Å². The van der Waals surface area contributed by atoms with Gasteiger partial charge in [0.2, 0.25) is 0 Å². The summed E-state index contributed by atoms with van der Waals surface area (Å²) >= 11 is 0. The maximum Gasteiger partial charge on any atom is 0.335 e. The van der Waals surface area contributed by atoms with Gasteiger partial charge >= 0.3 is 5.97 Å². The molecule has 1 aromatic carbocycles. The highest BCUT2D eigenvalue weighted by Crippen LogP contribution is 2.68. The molecule has 5 aliphatic rings. The van der Waals surface area contributed by atoms with Gasteiger partial charge in [0.25, 0.3) is 0 Å². The molecule has 6 rings (SSSR count). The van der Waals surface area contributed by atoms with Gasteiger partial charge in [0, 0.05) is 17.8 Å². The minimum Gasteiger partial charge on any atom is -0.478 e. The van der Waals surface area contributed by atoms with Crippen molar-refractivity contribution >= 4 is 11.8 Å². The van der Waals surface area contributed by atoms with Crippen LogP contribution in [0.25, 0.3) is 0 Å². The van der Waals surface area contributed by atoms with Gasteiger partial charge in [0.1, 0.15) is 0 Å². The van der Waals surface area contributed by atoms with Crippen molar-refractivity contribution in [3.05, 3.63) is 70.3 Å². The number of ether oxygens (including phenoxy) is 1. The second kappa shape index (κ2) is 7.02. The molecular weight excluding hydrogens is 400 g/mol. The van der Waals surface area contributed by atoms with Gasteiger partial charge in [-0.05, 0) is 85.3 Å². The molecule has 0 bridgehead atoms. The molecule has 2 fully saturated rings. The summed E-state index contributed by atoms with van der Waals surface area (Å²) in [7, 11) is 0. The lowest BCUT2D eigenvalue weighted by molar-refractivity contribution is -0.114. The van der Waals surface area contributed by atoms with Crippen molar-refractivity contribution < 1.29 is 19.4 Å².